The molecule has 1 aromatic carbocycles. The lowest BCUT2D eigenvalue weighted by Gasteiger charge is -2.17. The zero-order chi connectivity index (χ0) is 13.0. The summed E-state index contributed by atoms with van der Waals surface area (Å²) < 4.78 is 0. The molecule has 0 spiro atoms. The Morgan fingerprint density at radius 1 is 1.06 bits per heavy atom. The molecule has 0 aliphatic rings. The smallest absolute Gasteiger partial charge is 0.225 e. The van der Waals surface area contributed by atoms with Crippen LogP contribution in [0.3, 0.4) is 0 Å². The summed E-state index contributed by atoms with van der Waals surface area (Å²) in [7, 11) is 2.01. The fourth-order valence-corrected chi connectivity index (χ4v) is 1.75. The Kier molecular flexibility index (Phi) is 3.92. The van der Waals surface area contributed by atoms with Crippen molar-refractivity contribution in [2.24, 2.45) is 0 Å². The van der Waals surface area contributed by atoms with E-state index in [-0.39, 0.29) is 0 Å². The van der Waals surface area contributed by atoms with Gasteiger partial charge in [-0.15, -0.1) is 0 Å². The highest BCUT2D eigenvalue weighted by Crippen LogP contribution is 2.14. The number of hydrogen-bond donors (Lipinski definition) is 0. The van der Waals surface area contributed by atoms with Gasteiger partial charge in [0.05, 0.1) is 0 Å². The molecule has 0 saturated carbocycles. The highest BCUT2D eigenvalue weighted by molar-refractivity contribution is 5.31. The van der Waals surface area contributed by atoms with Gasteiger partial charge in [-0.25, -0.2) is 9.97 Å². The Labute approximate surface area is 109 Å². The molecule has 0 aliphatic carbocycles. The minimum Gasteiger partial charge on any atom is -0.340 e. The molecule has 0 N–H and O–H groups in total. The fraction of sp³-hybridized carbons (Fsp3) is 0.333. The molecule has 1 heterocycles. The van der Waals surface area contributed by atoms with Gasteiger partial charge in [-0.2, -0.15) is 0 Å². The first kappa shape index (κ1) is 12.6. The maximum Gasteiger partial charge on any atom is 0.225 e. The molecule has 0 unspecified atom stereocenters. The standard InChI is InChI=1S/C15H19N3/c1-12(2)14-9-16-15(17-10-14)18(3)11-13-7-5-4-6-8-13/h4-10,12H,11H2,1-3H3. The van der Waals surface area contributed by atoms with Crippen LogP contribution in [0.25, 0.3) is 0 Å². The maximum absolute atomic E-state index is 4.41. The number of nitrogens with zero attached hydrogens (tertiary/aromatic N) is 3. The summed E-state index contributed by atoms with van der Waals surface area (Å²) in [5.41, 5.74) is 2.43. The highest BCUT2D eigenvalue weighted by atomic mass is 15.2. The van der Waals surface area contributed by atoms with Gasteiger partial charge >= 0.3 is 0 Å². The van der Waals surface area contributed by atoms with Crippen LogP contribution < -0.4 is 4.90 Å². The zero-order valence-corrected chi connectivity index (χ0v) is 11.2. The molecule has 0 amide bonds. The van der Waals surface area contributed by atoms with Crippen LogP contribution in [0.15, 0.2) is 42.7 Å². The molecule has 0 bridgehead atoms. The van der Waals surface area contributed by atoms with Crippen LogP contribution in [0, 0.1) is 0 Å². The first-order valence-corrected chi connectivity index (χ1v) is 6.24. The van der Waals surface area contributed by atoms with Gasteiger partial charge in [0, 0.05) is 26.0 Å². The topological polar surface area (TPSA) is 29.0 Å². The van der Waals surface area contributed by atoms with Gasteiger partial charge in [-0.1, -0.05) is 44.2 Å². The molecule has 0 radical (unpaired) electrons. The average molecular weight is 241 g/mol. The van der Waals surface area contributed by atoms with E-state index in [9.17, 15) is 0 Å². The second-order valence-electron chi connectivity index (χ2n) is 4.81. The van der Waals surface area contributed by atoms with Crippen molar-refractivity contribution in [1.82, 2.24) is 9.97 Å². The van der Waals surface area contributed by atoms with Crippen LogP contribution in [-0.2, 0) is 6.54 Å². The van der Waals surface area contributed by atoms with Gasteiger partial charge in [0.2, 0.25) is 5.95 Å². The molecule has 2 rings (SSSR count). The highest BCUT2D eigenvalue weighted by Gasteiger charge is 2.06. The van der Waals surface area contributed by atoms with E-state index in [1.807, 2.05) is 37.6 Å². The molecule has 94 valence electrons. The lowest BCUT2D eigenvalue weighted by atomic mass is 10.1. The molecular weight excluding hydrogens is 222 g/mol. The third-order valence-corrected chi connectivity index (χ3v) is 2.93. The van der Waals surface area contributed by atoms with Crippen LogP contribution in [0.1, 0.15) is 30.9 Å². The third kappa shape index (κ3) is 3.06. The number of anilines is 1. The van der Waals surface area contributed by atoms with Gasteiger partial charge in [0.1, 0.15) is 0 Å². The second kappa shape index (κ2) is 5.63. The summed E-state index contributed by atoms with van der Waals surface area (Å²) in [6.07, 6.45) is 3.82. The molecule has 2 aromatic rings. The van der Waals surface area contributed by atoms with Crippen molar-refractivity contribution in [2.75, 3.05) is 11.9 Å². The largest absolute Gasteiger partial charge is 0.340 e. The van der Waals surface area contributed by atoms with Crippen LogP contribution in [-0.4, -0.2) is 17.0 Å². The molecule has 1 aromatic heterocycles. The van der Waals surface area contributed by atoms with Gasteiger partial charge in [-0.05, 0) is 17.0 Å². The minimum atomic E-state index is 0.471. The zero-order valence-electron chi connectivity index (χ0n) is 11.2. The van der Waals surface area contributed by atoms with Crippen LogP contribution in [0.5, 0.6) is 0 Å². The minimum absolute atomic E-state index is 0.471. The monoisotopic (exact) mass is 241 g/mol. The fourth-order valence-electron chi connectivity index (χ4n) is 1.75. The van der Waals surface area contributed by atoms with E-state index in [1.165, 1.54) is 11.1 Å². The lowest BCUT2D eigenvalue weighted by Crippen LogP contribution is -2.19. The Morgan fingerprint density at radius 3 is 2.22 bits per heavy atom. The van der Waals surface area contributed by atoms with Crippen molar-refractivity contribution in [2.45, 2.75) is 26.3 Å². The van der Waals surface area contributed by atoms with Crippen LogP contribution >= 0.6 is 0 Å². The molecule has 0 aliphatic heterocycles. The molecule has 0 saturated heterocycles. The summed E-state index contributed by atoms with van der Waals surface area (Å²) in [6, 6.07) is 10.3. The SMILES string of the molecule is CC(C)c1cnc(N(C)Cc2ccccc2)nc1. The van der Waals surface area contributed by atoms with Crippen LogP contribution in [0.2, 0.25) is 0 Å². The number of rotatable bonds is 4. The molecule has 3 heteroatoms. The van der Waals surface area contributed by atoms with Crippen molar-refractivity contribution in [3.63, 3.8) is 0 Å². The molecular formula is C15H19N3. The van der Waals surface area contributed by atoms with Crippen molar-refractivity contribution < 1.29 is 0 Å². The lowest BCUT2D eigenvalue weighted by molar-refractivity contribution is 0.821. The van der Waals surface area contributed by atoms with E-state index in [4.69, 9.17) is 0 Å². The number of hydrogen-bond acceptors (Lipinski definition) is 3. The Bertz CT molecular complexity index is 477. The van der Waals surface area contributed by atoms with E-state index in [1.54, 1.807) is 0 Å². The van der Waals surface area contributed by atoms with Crippen molar-refractivity contribution in [3.05, 3.63) is 53.9 Å². The summed E-state index contributed by atoms with van der Waals surface area (Å²) in [5.74, 6) is 1.24. The Hall–Kier alpha value is -1.90. The number of aromatic nitrogens is 2. The van der Waals surface area contributed by atoms with Crippen LogP contribution in [0.4, 0.5) is 5.95 Å². The van der Waals surface area contributed by atoms with Crippen molar-refractivity contribution in [3.8, 4) is 0 Å². The third-order valence-electron chi connectivity index (χ3n) is 2.93. The molecule has 0 atom stereocenters. The molecule has 3 nitrogen and oxygen atoms in total. The van der Waals surface area contributed by atoms with E-state index < -0.39 is 0 Å². The summed E-state index contributed by atoms with van der Waals surface area (Å²) in [4.78, 5) is 10.9. The first-order chi connectivity index (χ1) is 8.66. The molecule has 0 fully saturated rings. The quantitative estimate of drug-likeness (QED) is 0.823. The maximum atomic E-state index is 4.41. The van der Waals surface area contributed by atoms with E-state index in [0.29, 0.717) is 5.92 Å². The predicted molar refractivity (Wildman–Crippen MR) is 74.7 cm³/mol. The number of benzene rings is 1. The van der Waals surface area contributed by atoms with Gasteiger partial charge in [0.15, 0.2) is 0 Å². The van der Waals surface area contributed by atoms with E-state index >= 15 is 0 Å². The van der Waals surface area contributed by atoms with Gasteiger partial charge in [0.25, 0.3) is 0 Å². The van der Waals surface area contributed by atoms with Crippen molar-refractivity contribution in [1.29, 1.82) is 0 Å². The van der Waals surface area contributed by atoms with E-state index in [2.05, 4.69) is 40.8 Å². The van der Waals surface area contributed by atoms with E-state index in [0.717, 1.165) is 12.5 Å². The Balaban J connectivity index is 2.07. The van der Waals surface area contributed by atoms with Gasteiger partial charge < -0.3 is 4.90 Å². The van der Waals surface area contributed by atoms with Crippen molar-refractivity contribution >= 4 is 5.95 Å². The second-order valence-corrected chi connectivity index (χ2v) is 4.81. The van der Waals surface area contributed by atoms with Gasteiger partial charge in [-0.3, -0.25) is 0 Å². The normalized spacial score (nSPS) is 10.7. The Morgan fingerprint density at radius 2 is 1.67 bits per heavy atom. The summed E-state index contributed by atoms with van der Waals surface area (Å²) in [5, 5.41) is 0. The summed E-state index contributed by atoms with van der Waals surface area (Å²) in [6.45, 7) is 5.11. The molecule has 18 heavy (non-hydrogen) atoms. The summed E-state index contributed by atoms with van der Waals surface area (Å²) >= 11 is 0. The predicted octanol–water partition coefficient (Wildman–Crippen LogP) is 3.24. The average Bonchev–Trinajstić information content (AvgIpc) is 2.40. The first-order valence-electron chi connectivity index (χ1n) is 6.24.